The Balaban J connectivity index is 1.86. The van der Waals surface area contributed by atoms with E-state index in [-0.39, 0.29) is 36.3 Å². The van der Waals surface area contributed by atoms with E-state index in [0.29, 0.717) is 0 Å². The van der Waals surface area contributed by atoms with Crippen LogP contribution < -0.4 is 11.1 Å². The Morgan fingerprint density at radius 2 is 1.79 bits per heavy atom. The summed E-state index contributed by atoms with van der Waals surface area (Å²) in [6, 6.07) is 2.71. The van der Waals surface area contributed by atoms with Gasteiger partial charge in [0.25, 0.3) is 5.92 Å². The summed E-state index contributed by atoms with van der Waals surface area (Å²) in [6.45, 7) is 0. The molecule has 3 N–H and O–H groups in total. The van der Waals surface area contributed by atoms with Gasteiger partial charge in [0.05, 0.1) is 0 Å². The van der Waals surface area contributed by atoms with E-state index in [0.717, 1.165) is 12.1 Å². The Morgan fingerprint density at radius 1 is 1.08 bits per heavy atom. The molecular formula is C13H11F5N6. The third-order valence-electron chi connectivity index (χ3n) is 3.34. The zero-order chi connectivity index (χ0) is 17.5. The number of nitrogens with two attached hydrogens (primary N) is 1. The summed E-state index contributed by atoms with van der Waals surface area (Å²) >= 11 is 0. The average molecular weight is 346 g/mol. The molecule has 2 aromatic rings. The van der Waals surface area contributed by atoms with E-state index in [1.807, 2.05) is 0 Å². The van der Waals surface area contributed by atoms with Crippen LogP contribution in [0.1, 0.15) is 18.5 Å². The smallest absolute Gasteiger partial charge is 0.368 e. The van der Waals surface area contributed by atoms with Crippen molar-refractivity contribution in [2.75, 3.05) is 11.1 Å². The molecule has 1 saturated carbocycles. The van der Waals surface area contributed by atoms with E-state index in [1.54, 1.807) is 0 Å². The lowest BCUT2D eigenvalue weighted by atomic mass is 9.88. The van der Waals surface area contributed by atoms with Crippen LogP contribution in [0.25, 0.3) is 11.5 Å². The van der Waals surface area contributed by atoms with Crippen molar-refractivity contribution in [3.63, 3.8) is 0 Å². The van der Waals surface area contributed by atoms with E-state index >= 15 is 0 Å². The fourth-order valence-corrected chi connectivity index (χ4v) is 2.23. The molecule has 1 fully saturated rings. The Morgan fingerprint density at radius 3 is 2.42 bits per heavy atom. The summed E-state index contributed by atoms with van der Waals surface area (Å²) in [5, 5.41) is 2.66. The largest absolute Gasteiger partial charge is 0.433 e. The van der Waals surface area contributed by atoms with E-state index in [1.165, 1.54) is 6.07 Å². The number of alkyl halides is 5. The number of aromatic nitrogens is 4. The van der Waals surface area contributed by atoms with Gasteiger partial charge in [-0.15, -0.1) is 0 Å². The zero-order valence-corrected chi connectivity index (χ0v) is 12.0. The number of nitrogens with zero attached hydrogens (tertiary/aromatic N) is 4. The molecule has 3 rings (SSSR count). The fraction of sp³-hybridized carbons (Fsp3) is 0.385. The van der Waals surface area contributed by atoms with Crippen LogP contribution in [0.4, 0.5) is 33.8 Å². The summed E-state index contributed by atoms with van der Waals surface area (Å²) in [6.07, 6.45) is -5.38. The van der Waals surface area contributed by atoms with Crippen LogP contribution in [0.2, 0.25) is 0 Å². The minimum absolute atomic E-state index is 0.0859. The lowest BCUT2D eigenvalue weighted by molar-refractivity contribution is -0.141. The number of rotatable bonds is 3. The summed E-state index contributed by atoms with van der Waals surface area (Å²) in [5.74, 6) is -3.26. The molecule has 6 nitrogen and oxygen atoms in total. The summed E-state index contributed by atoms with van der Waals surface area (Å²) in [7, 11) is 0. The molecule has 24 heavy (non-hydrogen) atoms. The minimum atomic E-state index is -4.62. The monoisotopic (exact) mass is 346 g/mol. The van der Waals surface area contributed by atoms with E-state index < -0.39 is 23.8 Å². The van der Waals surface area contributed by atoms with Gasteiger partial charge in [-0.2, -0.15) is 28.1 Å². The maximum atomic E-state index is 12.8. The van der Waals surface area contributed by atoms with E-state index in [4.69, 9.17) is 5.73 Å². The number of nitrogen functional groups attached to an aromatic ring is 1. The number of pyridine rings is 1. The molecule has 11 heteroatoms. The Bertz CT molecular complexity index is 755. The van der Waals surface area contributed by atoms with Crippen molar-refractivity contribution in [1.82, 2.24) is 19.9 Å². The van der Waals surface area contributed by atoms with Crippen LogP contribution in [-0.4, -0.2) is 31.9 Å². The molecule has 0 bridgehead atoms. The Kier molecular flexibility index (Phi) is 3.73. The van der Waals surface area contributed by atoms with Gasteiger partial charge in [0.2, 0.25) is 11.9 Å². The number of nitrogens with one attached hydrogen (secondary N) is 1. The molecule has 0 saturated heterocycles. The highest BCUT2D eigenvalue weighted by Crippen LogP contribution is 2.38. The topological polar surface area (TPSA) is 89.6 Å². The first kappa shape index (κ1) is 16.3. The van der Waals surface area contributed by atoms with Crippen molar-refractivity contribution in [3.8, 4) is 11.5 Å². The predicted molar refractivity (Wildman–Crippen MR) is 74.1 cm³/mol. The predicted octanol–water partition coefficient (Wildman–Crippen LogP) is 2.74. The quantitative estimate of drug-likeness (QED) is 0.831. The van der Waals surface area contributed by atoms with Crippen LogP contribution >= 0.6 is 0 Å². The lowest BCUT2D eigenvalue weighted by Gasteiger charge is -2.35. The van der Waals surface area contributed by atoms with E-state index in [2.05, 4.69) is 25.3 Å². The van der Waals surface area contributed by atoms with Crippen LogP contribution in [0.5, 0.6) is 0 Å². The Hall–Kier alpha value is -2.59. The van der Waals surface area contributed by atoms with Crippen molar-refractivity contribution in [3.05, 3.63) is 23.9 Å². The molecule has 1 aliphatic rings. The molecule has 1 aliphatic carbocycles. The highest BCUT2D eigenvalue weighted by atomic mass is 19.4. The van der Waals surface area contributed by atoms with Gasteiger partial charge in [0.15, 0.2) is 5.82 Å². The normalized spacial score (nSPS) is 17.4. The maximum absolute atomic E-state index is 12.8. The van der Waals surface area contributed by atoms with Gasteiger partial charge in [-0.05, 0) is 12.1 Å². The number of halogens is 5. The standard InChI is InChI=1S/C13H11F5N6/c14-12(15)4-6(5-12)20-11-23-9(22-10(19)24-11)7-2-1-3-8(21-7)13(16,17)18/h1-3,6H,4-5H2,(H3,19,20,22,23,24). The van der Waals surface area contributed by atoms with Crippen LogP contribution in [-0.2, 0) is 6.18 Å². The molecule has 0 atom stereocenters. The molecule has 128 valence electrons. The molecule has 0 amide bonds. The van der Waals surface area contributed by atoms with Gasteiger partial charge in [-0.25, -0.2) is 13.8 Å². The molecule has 0 spiro atoms. The number of hydrogen-bond donors (Lipinski definition) is 2. The van der Waals surface area contributed by atoms with Crippen molar-refractivity contribution in [2.24, 2.45) is 0 Å². The van der Waals surface area contributed by atoms with Crippen LogP contribution in [0.15, 0.2) is 18.2 Å². The van der Waals surface area contributed by atoms with Crippen LogP contribution in [0, 0.1) is 0 Å². The first-order valence-corrected chi connectivity index (χ1v) is 6.83. The second-order valence-corrected chi connectivity index (χ2v) is 5.35. The van der Waals surface area contributed by atoms with Crippen molar-refractivity contribution in [1.29, 1.82) is 0 Å². The maximum Gasteiger partial charge on any atom is 0.433 e. The van der Waals surface area contributed by atoms with Crippen LogP contribution in [0.3, 0.4) is 0 Å². The van der Waals surface area contributed by atoms with Gasteiger partial charge in [-0.3, -0.25) is 0 Å². The summed E-state index contributed by atoms with van der Waals surface area (Å²) in [5.41, 5.74) is 4.25. The first-order valence-electron chi connectivity index (χ1n) is 6.83. The van der Waals surface area contributed by atoms with E-state index in [9.17, 15) is 22.0 Å². The average Bonchev–Trinajstić information content (AvgIpc) is 2.44. The van der Waals surface area contributed by atoms with Gasteiger partial charge >= 0.3 is 6.18 Å². The van der Waals surface area contributed by atoms with Gasteiger partial charge < -0.3 is 11.1 Å². The van der Waals surface area contributed by atoms with Crippen molar-refractivity contribution in [2.45, 2.75) is 31.0 Å². The molecular weight excluding hydrogens is 335 g/mol. The zero-order valence-electron chi connectivity index (χ0n) is 12.0. The molecule has 0 radical (unpaired) electrons. The molecule has 0 unspecified atom stereocenters. The lowest BCUT2D eigenvalue weighted by Crippen LogP contribution is -2.44. The molecule has 0 aliphatic heterocycles. The first-order chi connectivity index (χ1) is 11.1. The minimum Gasteiger partial charge on any atom is -0.368 e. The third-order valence-corrected chi connectivity index (χ3v) is 3.34. The third kappa shape index (κ3) is 3.49. The second-order valence-electron chi connectivity index (χ2n) is 5.35. The Labute approximate surface area is 132 Å². The van der Waals surface area contributed by atoms with Crippen molar-refractivity contribution >= 4 is 11.9 Å². The number of anilines is 2. The summed E-state index contributed by atoms with van der Waals surface area (Å²) < 4.78 is 63.8. The SMILES string of the molecule is Nc1nc(NC2CC(F)(F)C2)nc(-c2cccc(C(F)(F)F)n2)n1. The molecule has 2 heterocycles. The highest BCUT2D eigenvalue weighted by molar-refractivity contribution is 5.53. The molecule has 2 aromatic heterocycles. The van der Waals surface area contributed by atoms with Gasteiger partial charge in [0, 0.05) is 18.9 Å². The van der Waals surface area contributed by atoms with Gasteiger partial charge in [0.1, 0.15) is 11.4 Å². The number of hydrogen-bond acceptors (Lipinski definition) is 6. The molecule has 0 aromatic carbocycles. The van der Waals surface area contributed by atoms with Crippen molar-refractivity contribution < 1.29 is 22.0 Å². The van der Waals surface area contributed by atoms with Gasteiger partial charge in [-0.1, -0.05) is 6.07 Å². The summed E-state index contributed by atoms with van der Waals surface area (Å²) in [4.78, 5) is 14.9. The fourth-order valence-electron chi connectivity index (χ4n) is 2.23. The second kappa shape index (κ2) is 5.49. The highest BCUT2D eigenvalue weighted by Gasteiger charge is 2.45.